The summed E-state index contributed by atoms with van der Waals surface area (Å²) in [7, 11) is 0. The highest BCUT2D eigenvalue weighted by molar-refractivity contribution is 6.02. The second-order valence-electron chi connectivity index (χ2n) is 7.56. The quantitative estimate of drug-likeness (QED) is 0.690. The molecule has 0 aliphatic carbocycles. The standard InChI is InChI=1S/C23H26N4O2/c1-16(2)29-23-18(9-7-11-24-23)15-25-22(28)19-14-17-8-3-4-10-20(17)26-21(19)27-12-5-6-13-27/h3-4,7-11,14,16H,5-6,12-13,15H2,1-2H3,(H,25,28). The highest BCUT2D eigenvalue weighted by Crippen LogP contribution is 2.27. The van der Waals surface area contributed by atoms with Gasteiger partial charge in [0.05, 0.1) is 17.2 Å². The summed E-state index contributed by atoms with van der Waals surface area (Å²) in [5.41, 5.74) is 2.37. The van der Waals surface area contributed by atoms with Crippen LogP contribution in [0.1, 0.15) is 42.6 Å². The number of carbonyl (C=O) groups is 1. The Hall–Kier alpha value is -3.15. The zero-order valence-corrected chi connectivity index (χ0v) is 16.9. The summed E-state index contributed by atoms with van der Waals surface area (Å²) in [4.78, 5) is 24.5. The molecule has 1 aliphatic rings. The number of pyridine rings is 2. The van der Waals surface area contributed by atoms with Crippen molar-refractivity contribution in [1.82, 2.24) is 15.3 Å². The van der Waals surface area contributed by atoms with Gasteiger partial charge < -0.3 is 15.0 Å². The van der Waals surface area contributed by atoms with Crippen LogP contribution in [0.15, 0.2) is 48.7 Å². The van der Waals surface area contributed by atoms with Crippen LogP contribution in [-0.4, -0.2) is 35.1 Å². The van der Waals surface area contributed by atoms with E-state index < -0.39 is 0 Å². The lowest BCUT2D eigenvalue weighted by Gasteiger charge is -2.20. The van der Waals surface area contributed by atoms with E-state index in [2.05, 4.69) is 15.2 Å². The van der Waals surface area contributed by atoms with E-state index in [1.807, 2.05) is 56.3 Å². The zero-order chi connectivity index (χ0) is 20.2. The molecule has 0 atom stereocenters. The fourth-order valence-corrected chi connectivity index (χ4v) is 3.60. The smallest absolute Gasteiger partial charge is 0.255 e. The molecule has 1 N–H and O–H groups in total. The van der Waals surface area contributed by atoms with Crippen molar-refractivity contribution in [3.05, 3.63) is 59.8 Å². The van der Waals surface area contributed by atoms with Gasteiger partial charge in [-0.05, 0) is 44.9 Å². The molecule has 0 unspecified atom stereocenters. The van der Waals surface area contributed by atoms with E-state index in [0.717, 1.165) is 48.2 Å². The van der Waals surface area contributed by atoms with Crippen molar-refractivity contribution in [2.24, 2.45) is 0 Å². The van der Waals surface area contributed by atoms with Crippen molar-refractivity contribution in [1.29, 1.82) is 0 Å². The Labute approximate surface area is 170 Å². The van der Waals surface area contributed by atoms with Crippen LogP contribution >= 0.6 is 0 Å². The molecule has 29 heavy (non-hydrogen) atoms. The van der Waals surface area contributed by atoms with E-state index in [-0.39, 0.29) is 12.0 Å². The maximum atomic E-state index is 13.1. The highest BCUT2D eigenvalue weighted by atomic mass is 16.5. The number of hydrogen-bond donors (Lipinski definition) is 1. The first-order chi connectivity index (χ1) is 14.1. The molecule has 2 aromatic heterocycles. The number of hydrogen-bond acceptors (Lipinski definition) is 5. The Morgan fingerprint density at radius 3 is 2.76 bits per heavy atom. The zero-order valence-electron chi connectivity index (χ0n) is 16.9. The van der Waals surface area contributed by atoms with Crippen molar-refractivity contribution < 1.29 is 9.53 Å². The van der Waals surface area contributed by atoms with E-state index >= 15 is 0 Å². The molecular weight excluding hydrogens is 364 g/mol. The van der Waals surface area contributed by atoms with Crippen LogP contribution in [0.5, 0.6) is 5.88 Å². The number of carbonyl (C=O) groups excluding carboxylic acids is 1. The van der Waals surface area contributed by atoms with Gasteiger partial charge in [0.15, 0.2) is 0 Å². The lowest BCUT2D eigenvalue weighted by Crippen LogP contribution is -2.28. The first-order valence-corrected chi connectivity index (χ1v) is 10.2. The van der Waals surface area contributed by atoms with Crippen molar-refractivity contribution in [3.63, 3.8) is 0 Å². The average Bonchev–Trinajstić information content (AvgIpc) is 3.26. The number of anilines is 1. The molecule has 1 saturated heterocycles. The van der Waals surface area contributed by atoms with Crippen LogP contribution in [0, 0.1) is 0 Å². The molecule has 6 heteroatoms. The molecule has 1 aromatic carbocycles. The number of benzene rings is 1. The van der Waals surface area contributed by atoms with Gasteiger partial charge in [0.1, 0.15) is 5.82 Å². The molecule has 150 valence electrons. The summed E-state index contributed by atoms with van der Waals surface area (Å²) in [5, 5.41) is 4.00. The van der Waals surface area contributed by atoms with Crippen LogP contribution < -0.4 is 15.0 Å². The first-order valence-electron chi connectivity index (χ1n) is 10.2. The van der Waals surface area contributed by atoms with E-state index in [0.29, 0.717) is 18.0 Å². The monoisotopic (exact) mass is 390 g/mol. The Morgan fingerprint density at radius 1 is 1.17 bits per heavy atom. The molecule has 1 fully saturated rings. The number of aromatic nitrogens is 2. The third kappa shape index (κ3) is 4.31. The molecule has 3 heterocycles. The lowest BCUT2D eigenvalue weighted by molar-refractivity contribution is 0.0950. The number of nitrogens with one attached hydrogen (secondary N) is 1. The third-order valence-electron chi connectivity index (χ3n) is 4.99. The summed E-state index contributed by atoms with van der Waals surface area (Å²) in [6, 6.07) is 13.6. The van der Waals surface area contributed by atoms with Gasteiger partial charge in [0.2, 0.25) is 5.88 Å². The molecule has 1 aliphatic heterocycles. The van der Waals surface area contributed by atoms with Crippen LogP contribution in [0.25, 0.3) is 10.9 Å². The molecule has 0 radical (unpaired) electrons. The topological polar surface area (TPSA) is 67.3 Å². The number of rotatable bonds is 6. The van der Waals surface area contributed by atoms with Gasteiger partial charge in [-0.15, -0.1) is 0 Å². The second-order valence-corrected chi connectivity index (χ2v) is 7.56. The maximum Gasteiger partial charge on any atom is 0.255 e. The van der Waals surface area contributed by atoms with Crippen molar-refractivity contribution >= 4 is 22.6 Å². The SMILES string of the molecule is CC(C)Oc1ncccc1CNC(=O)c1cc2ccccc2nc1N1CCCC1. The van der Waals surface area contributed by atoms with Crippen molar-refractivity contribution in [3.8, 4) is 5.88 Å². The van der Waals surface area contributed by atoms with E-state index in [1.165, 1.54) is 0 Å². The molecule has 6 nitrogen and oxygen atoms in total. The van der Waals surface area contributed by atoms with Gasteiger partial charge in [-0.25, -0.2) is 9.97 Å². The molecule has 0 spiro atoms. The number of ether oxygens (including phenoxy) is 1. The van der Waals surface area contributed by atoms with E-state index in [9.17, 15) is 4.79 Å². The minimum absolute atomic E-state index is 0.0193. The molecule has 3 aromatic rings. The number of nitrogens with zero attached hydrogens (tertiary/aromatic N) is 3. The summed E-state index contributed by atoms with van der Waals surface area (Å²) in [5.74, 6) is 1.19. The Morgan fingerprint density at radius 2 is 1.97 bits per heavy atom. The third-order valence-corrected chi connectivity index (χ3v) is 4.99. The summed E-state index contributed by atoms with van der Waals surface area (Å²) >= 11 is 0. The molecule has 0 bridgehead atoms. The van der Waals surface area contributed by atoms with Gasteiger partial charge in [0, 0.05) is 36.8 Å². The summed E-state index contributed by atoms with van der Waals surface area (Å²) in [6.45, 7) is 6.13. The fraction of sp³-hybridized carbons (Fsp3) is 0.348. The fourth-order valence-electron chi connectivity index (χ4n) is 3.60. The molecule has 4 rings (SSSR count). The van der Waals surface area contributed by atoms with Gasteiger partial charge >= 0.3 is 0 Å². The molecule has 1 amide bonds. The van der Waals surface area contributed by atoms with E-state index in [4.69, 9.17) is 9.72 Å². The maximum absolute atomic E-state index is 13.1. The number of para-hydroxylation sites is 1. The van der Waals surface area contributed by atoms with Gasteiger partial charge in [0.25, 0.3) is 5.91 Å². The van der Waals surface area contributed by atoms with Gasteiger partial charge in [-0.3, -0.25) is 4.79 Å². The van der Waals surface area contributed by atoms with Gasteiger partial charge in [-0.2, -0.15) is 0 Å². The van der Waals surface area contributed by atoms with Crippen LogP contribution in [0.2, 0.25) is 0 Å². The lowest BCUT2D eigenvalue weighted by atomic mass is 10.1. The average molecular weight is 390 g/mol. The Bertz CT molecular complexity index is 1010. The van der Waals surface area contributed by atoms with Crippen LogP contribution in [0.3, 0.4) is 0 Å². The predicted molar refractivity (Wildman–Crippen MR) is 114 cm³/mol. The molecular formula is C23H26N4O2. The van der Waals surface area contributed by atoms with Crippen molar-refractivity contribution in [2.75, 3.05) is 18.0 Å². The molecule has 0 saturated carbocycles. The Balaban J connectivity index is 1.61. The highest BCUT2D eigenvalue weighted by Gasteiger charge is 2.22. The predicted octanol–water partition coefficient (Wildman–Crippen LogP) is 3.95. The summed E-state index contributed by atoms with van der Waals surface area (Å²) < 4.78 is 5.76. The minimum Gasteiger partial charge on any atom is -0.475 e. The second kappa shape index (κ2) is 8.47. The van der Waals surface area contributed by atoms with Crippen LogP contribution in [-0.2, 0) is 6.54 Å². The van der Waals surface area contributed by atoms with E-state index in [1.54, 1.807) is 6.20 Å². The minimum atomic E-state index is -0.135. The first kappa shape index (κ1) is 19.2. The number of fused-ring (bicyclic) bond motifs is 1. The van der Waals surface area contributed by atoms with Crippen molar-refractivity contribution in [2.45, 2.75) is 39.3 Å². The Kier molecular flexibility index (Phi) is 5.60. The number of amides is 1. The normalized spacial score (nSPS) is 13.8. The summed E-state index contributed by atoms with van der Waals surface area (Å²) in [6.07, 6.45) is 3.97. The van der Waals surface area contributed by atoms with Crippen LogP contribution in [0.4, 0.5) is 5.82 Å². The van der Waals surface area contributed by atoms with Gasteiger partial charge in [-0.1, -0.05) is 24.3 Å². The largest absolute Gasteiger partial charge is 0.475 e.